The van der Waals surface area contributed by atoms with E-state index in [1.807, 2.05) is 18.2 Å². The second-order valence-corrected chi connectivity index (χ2v) is 3.58. The number of nitriles is 1. The number of nitrogens with zero attached hydrogens (tertiary/aromatic N) is 1. The van der Waals surface area contributed by atoms with Gasteiger partial charge in [0, 0.05) is 17.1 Å². The summed E-state index contributed by atoms with van der Waals surface area (Å²) in [6.45, 7) is 0. The maximum atomic E-state index is 11.0. The number of aromatic amines is 1. The van der Waals surface area contributed by atoms with Crippen LogP contribution >= 0.6 is 0 Å². The molecule has 0 aliphatic heterocycles. The standard InChI is InChI=1S/C13H10N2O2/c14-6-2-1-3-9-4-5-12-10(7-9)11(8-15-12)13(16)17/h1,3-5,7-8,15H,2H2,(H,16,17). The minimum Gasteiger partial charge on any atom is -0.478 e. The van der Waals surface area contributed by atoms with Gasteiger partial charge in [-0.3, -0.25) is 0 Å². The monoisotopic (exact) mass is 226 g/mol. The van der Waals surface area contributed by atoms with Gasteiger partial charge in [-0.2, -0.15) is 5.26 Å². The molecule has 0 amide bonds. The molecule has 17 heavy (non-hydrogen) atoms. The van der Waals surface area contributed by atoms with E-state index in [0.717, 1.165) is 11.1 Å². The molecule has 0 atom stereocenters. The van der Waals surface area contributed by atoms with E-state index in [2.05, 4.69) is 4.98 Å². The number of H-pyrrole nitrogens is 1. The van der Waals surface area contributed by atoms with Crippen LogP contribution in [0.1, 0.15) is 22.3 Å². The molecule has 2 aromatic rings. The van der Waals surface area contributed by atoms with Crippen LogP contribution in [0, 0.1) is 11.3 Å². The SMILES string of the molecule is N#CCC=Cc1ccc2[nH]cc(C(=O)O)c2c1. The van der Waals surface area contributed by atoms with Gasteiger partial charge in [-0.1, -0.05) is 18.2 Å². The summed E-state index contributed by atoms with van der Waals surface area (Å²) in [6, 6.07) is 7.51. The van der Waals surface area contributed by atoms with E-state index < -0.39 is 5.97 Å². The highest BCUT2D eigenvalue weighted by atomic mass is 16.4. The molecule has 0 unspecified atom stereocenters. The first-order valence-electron chi connectivity index (χ1n) is 5.10. The maximum Gasteiger partial charge on any atom is 0.337 e. The maximum absolute atomic E-state index is 11.0. The number of carbonyl (C=O) groups is 1. The summed E-state index contributed by atoms with van der Waals surface area (Å²) >= 11 is 0. The summed E-state index contributed by atoms with van der Waals surface area (Å²) in [5.74, 6) is -0.950. The Bertz CT molecular complexity index is 632. The molecule has 0 saturated carbocycles. The Hall–Kier alpha value is -2.54. The number of carboxylic acid groups (broad SMARTS) is 1. The number of aromatic nitrogens is 1. The largest absolute Gasteiger partial charge is 0.478 e. The molecule has 0 fully saturated rings. The summed E-state index contributed by atoms with van der Waals surface area (Å²) in [6.07, 6.45) is 5.38. The van der Waals surface area contributed by atoms with Crippen LogP contribution in [0.25, 0.3) is 17.0 Å². The van der Waals surface area contributed by atoms with Gasteiger partial charge in [0.05, 0.1) is 18.1 Å². The van der Waals surface area contributed by atoms with Crippen molar-refractivity contribution in [1.29, 1.82) is 5.26 Å². The number of benzene rings is 1. The van der Waals surface area contributed by atoms with Crippen molar-refractivity contribution in [2.75, 3.05) is 0 Å². The predicted octanol–water partition coefficient (Wildman–Crippen LogP) is 2.79. The third kappa shape index (κ3) is 2.18. The molecule has 0 aliphatic carbocycles. The molecule has 0 bridgehead atoms. The molecule has 84 valence electrons. The number of hydrogen-bond acceptors (Lipinski definition) is 2. The molecular weight excluding hydrogens is 216 g/mol. The fraction of sp³-hybridized carbons (Fsp3) is 0.0769. The Morgan fingerprint density at radius 3 is 3.06 bits per heavy atom. The Morgan fingerprint density at radius 2 is 2.35 bits per heavy atom. The molecule has 0 radical (unpaired) electrons. The van der Waals surface area contributed by atoms with Gasteiger partial charge < -0.3 is 10.1 Å². The van der Waals surface area contributed by atoms with Crippen LogP contribution in [0.5, 0.6) is 0 Å². The molecule has 2 N–H and O–H groups in total. The first-order valence-corrected chi connectivity index (χ1v) is 5.10. The Balaban J connectivity index is 2.45. The molecule has 1 aromatic carbocycles. The third-order valence-corrected chi connectivity index (χ3v) is 2.46. The fourth-order valence-electron chi connectivity index (χ4n) is 1.67. The van der Waals surface area contributed by atoms with E-state index in [0.29, 0.717) is 11.8 Å². The third-order valence-electron chi connectivity index (χ3n) is 2.46. The zero-order valence-corrected chi connectivity index (χ0v) is 8.97. The van der Waals surface area contributed by atoms with Crippen LogP contribution in [0.3, 0.4) is 0 Å². The van der Waals surface area contributed by atoms with Gasteiger partial charge in [-0.25, -0.2) is 4.79 Å². The van der Waals surface area contributed by atoms with Crippen molar-refractivity contribution in [3.8, 4) is 6.07 Å². The normalized spacial score (nSPS) is 10.8. The molecule has 0 saturated heterocycles. The van der Waals surface area contributed by atoms with Gasteiger partial charge in [0.25, 0.3) is 0 Å². The Morgan fingerprint density at radius 1 is 1.53 bits per heavy atom. The fourth-order valence-corrected chi connectivity index (χ4v) is 1.67. The quantitative estimate of drug-likeness (QED) is 0.844. The van der Waals surface area contributed by atoms with Gasteiger partial charge in [0.2, 0.25) is 0 Å². The van der Waals surface area contributed by atoms with Gasteiger partial charge in [0.1, 0.15) is 0 Å². The second-order valence-electron chi connectivity index (χ2n) is 3.58. The van der Waals surface area contributed by atoms with E-state index in [1.54, 1.807) is 18.2 Å². The number of hydrogen-bond donors (Lipinski definition) is 2. The van der Waals surface area contributed by atoms with Gasteiger partial charge in [0.15, 0.2) is 0 Å². The highest BCUT2D eigenvalue weighted by Gasteiger charge is 2.09. The van der Waals surface area contributed by atoms with Crippen molar-refractivity contribution in [3.05, 3.63) is 41.6 Å². The number of allylic oxidation sites excluding steroid dienone is 1. The van der Waals surface area contributed by atoms with Crippen molar-refractivity contribution in [2.45, 2.75) is 6.42 Å². The van der Waals surface area contributed by atoms with E-state index in [-0.39, 0.29) is 5.56 Å². The summed E-state index contributed by atoms with van der Waals surface area (Å²) < 4.78 is 0. The van der Waals surface area contributed by atoms with Crippen LogP contribution in [0.4, 0.5) is 0 Å². The number of rotatable bonds is 3. The topological polar surface area (TPSA) is 76.9 Å². The lowest BCUT2D eigenvalue weighted by Crippen LogP contribution is -1.93. The molecular formula is C13H10N2O2. The van der Waals surface area contributed by atoms with Crippen molar-refractivity contribution in [3.63, 3.8) is 0 Å². The lowest BCUT2D eigenvalue weighted by Gasteiger charge is -1.96. The molecule has 4 heteroatoms. The molecule has 0 aliphatic rings. The predicted molar refractivity (Wildman–Crippen MR) is 64.5 cm³/mol. The van der Waals surface area contributed by atoms with E-state index >= 15 is 0 Å². The second kappa shape index (κ2) is 4.54. The average Bonchev–Trinajstić information content (AvgIpc) is 2.72. The summed E-state index contributed by atoms with van der Waals surface area (Å²) in [7, 11) is 0. The van der Waals surface area contributed by atoms with Crippen molar-refractivity contribution < 1.29 is 9.90 Å². The van der Waals surface area contributed by atoms with E-state index in [9.17, 15) is 4.79 Å². The lowest BCUT2D eigenvalue weighted by atomic mass is 10.1. The smallest absolute Gasteiger partial charge is 0.337 e. The van der Waals surface area contributed by atoms with Crippen LogP contribution in [-0.4, -0.2) is 16.1 Å². The Labute approximate surface area is 97.8 Å². The van der Waals surface area contributed by atoms with E-state index in [4.69, 9.17) is 10.4 Å². The number of aromatic carboxylic acids is 1. The zero-order valence-electron chi connectivity index (χ0n) is 8.97. The summed E-state index contributed by atoms with van der Waals surface area (Å²) in [5, 5.41) is 18.1. The van der Waals surface area contributed by atoms with Gasteiger partial charge >= 0.3 is 5.97 Å². The van der Waals surface area contributed by atoms with Gasteiger partial charge in [-0.05, 0) is 17.7 Å². The lowest BCUT2D eigenvalue weighted by molar-refractivity contribution is 0.0699. The highest BCUT2D eigenvalue weighted by Crippen LogP contribution is 2.20. The van der Waals surface area contributed by atoms with E-state index in [1.165, 1.54) is 6.20 Å². The summed E-state index contributed by atoms with van der Waals surface area (Å²) in [4.78, 5) is 13.9. The van der Waals surface area contributed by atoms with Crippen molar-refractivity contribution in [1.82, 2.24) is 4.98 Å². The Kier molecular flexibility index (Phi) is 2.93. The molecule has 0 spiro atoms. The van der Waals surface area contributed by atoms with Crippen molar-refractivity contribution in [2.24, 2.45) is 0 Å². The molecule has 2 rings (SSSR count). The first-order chi connectivity index (χ1) is 8.22. The summed E-state index contributed by atoms with van der Waals surface area (Å²) in [5.41, 5.74) is 1.94. The first kappa shape index (κ1) is 11.0. The molecule has 4 nitrogen and oxygen atoms in total. The molecule has 1 aromatic heterocycles. The zero-order chi connectivity index (χ0) is 12.3. The van der Waals surface area contributed by atoms with Gasteiger partial charge in [-0.15, -0.1) is 0 Å². The minimum absolute atomic E-state index is 0.260. The van der Waals surface area contributed by atoms with Crippen LogP contribution in [0.15, 0.2) is 30.5 Å². The van der Waals surface area contributed by atoms with Crippen molar-refractivity contribution >= 4 is 22.9 Å². The van der Waals surface area contributed by atoms with Crippen LogP contribution in [-0.2, 0) is 0 Å². The minimum atomic E-state index is -0.950. The average molecular weight is 226 g/mol. The number of carboxylic acids is 1. The van der Waals surface area contributed by atoms with Crippen LogP contribution in [0.2, 0.25) is 0 Å². The van der Waals surface area contributed by atoms with Crippen LogP contribution < -0.4 is 0 Å². The highest BCUT2D eigenvalue weighted by molar-refractivity contribution is 6.03. The number of fused-ring (bicyclic) bond motifs is 1. The number of nitrogens with one attached hydrogen (secondary N) is 1. The molecule has 1 heterocycles.